The minimum absolute atomic E-state index is 0.0194. The van der Waals surface area contributed by atoms with Crippen LogP contribution in [0.25, 0.3) is 10.6 Å². The normalized spacial score (nSPS) is 17.9. The lowest BCUT2D eigenvalue weighted by Crippen LogP contribution is -2.24. The number of amides is 1. The minimum atomic E-state index is 0.0194. The van der Waals surface area contributed by atoms with Crippen LogP contribution in [0.1, 0.15) is 6.42 Å². The highest BCUT2D eigenvalue weighted by atomic mass is 35.5. The molecule has 7 heteroatoms. The van der Waals surface area contributed by atoms with E-state index in [1.54, 1.807) is 12.1 Å². The number of thiazole rings is 1. The van der Waals surface area contributed by atoms with Gasteiger partial charge in [-0.2, -0.15) is 0 Å². The maximum absolute atomic E-state index is 12.0. The fourth-order valence-corrected chi connectivity index (χ4v) is 3.25. The number of nitrogens with one attached hydrogen (secondary N) is 2. The van der Waals surface area contributed by atoms with Gasteiger partial charge in [0.15, 0.2) is 0 Å². The van der Waals surface area contributed by atoms with Gasteiger partial charge in [-0.1, -0.05) is 29.3 Å². The monoisotopic (exact) mass is 341 g/mol. The van der Waals surface area contributed by atoms with Crippen LogP contribution in [-0.4, -0.2) is 24.0 Å². The molecule has 3 rings (SSSR count). The summed E-state index contributed by atoms with van der Waals surface area (Å²) < 4.78 is 0. The Labute approximate surface area is 136 Å². The molecule has 0 unspecified atom stereocenters. The first-order valence-electron chi connectivity index (χ1n) is 6.56. The Hall–Kier alpha value is -1.14. The van der Waals surface area contributed by atoms with Gasteiger partial charge < -0.3 is 10.6 Å². The molecular formula is C14H13Cl2N3OS. The van der Waals surface area contributed by atoms with Crippen molar-refractivity contribution in [3.8, 4) is 10.6 Å². The summed E-state index contributed by atoms with van der Waals surface area (Å²) in [5, 5.41) is 9.67. The van der Waals surface area contributed by atoms with E-state index in [4.69, 9.17) is 23.2 Å². The molecule has 1 aliphatic rings. The Bertz CT molecular complexity index is 668. The zero-order valence-electron chi connectivity index (χ0n) is 11.0. The van der Waals surface area contributed by atoms with E-state index in [1.807, 2.05) is 11.4 Å². The van der Waals surface area contributed by atoms with Crippen LogP contribution in [-0.2, 0) is 4.79 Å². The maximum Gasteiger partial charge on any atom is 0.229 e. The van der Waals surface area contributed by atoms with E-state index in [9.17, 15) is 4.79 Å². The number of hydrogen-bond donors (Lipinski definition) is 2. The van der Waals surface area contributed by atoms with Crippen LogP contribution in [0, 0.1) is 5.92 Å². The summed E-state index contributed by atoms with van der Waals surface area (Å²) in [6.45, 7) is 1.62. The lowest BCUT2D eigenvalue weighted by molar-refractivity contribution is -0.119. The van der Waals surface area contributed by atoms with E-state index >= 15 is 0 Å². The highest BCUT2D eigenvalue weighted by Crippen LogP contribution is 2.31. The molecule has 1 atom stereocenters. The molecule has 2 heterocycles. The van der Waals surface area contributed by atoms with Gasteiger partial charge in [-0.05, 0) is 25.1 Å². The molecule has 2 aromatic rings. The van der Waals surface area contributed by atoms with E-state index in [2.05, 4.69) is 15.6 Å². The van der Waals surface area contributed by atoms with E-state index in [1.165, 1.54) is 11.3 Å². The lowest BCUT2D eigenvalue weighted by Gasteiger charge is -2.07. The molecule has 0 radical (unpaired) electrons. The molecular weight excluding hydrogens is 329 g/mol. The predicted molar refractivity (Wildman–Crippen MR) is 87.2 cm³/mol. The molecule has 1 aromatic heterocycles. The third-order valence-electron chi connectivity index (χ3n) is 3.35. The van der Waals surface area contributed by atoms with Gasteiger partial charge >= 0.3 is 0 Å². The van der Waals surface area contributed by atoms with Crippen molar-refractivity contribution in [2.75, 3.05) is 18.4 Å². The highest BCUT2D eigenvalue weighted by molar-refractivity contribution is 7.13. The molecule has 2 N–H and O–H groups in total. The van der Waals surface area contributed by atoms with Crippen LogP contribution in [0.15, 0.2) is 23.6 Å². The summed E-state index contributed by atoms with van der Waals surface area (Å²) in [6.07, 6.45) is 0.871. The van der Waals surface area contributed by atoms with Crippen molar-refractivity contribution in [1.29, 1.82) is 0 Å². The number of carbonyl (C=O) groups excluding carboxylic acids is 1. The first-order chi connectivity index (χ1) is 10.1. The third-order valence-corrected chi connectivity index (χ3v) is 4.98. The van der Waals surface area contributed by atoms with Gasteiger partial charge in [0.1, 0.15) is 10.8 Å². The summed E-state index contributed by atoms with van der Waals surface area (Å²) in [7, 11) is 0. The third kappa shape index (κ3) is 3.37. The van der Waals surface area contributed by atoms with Crippen LogP contribution in [0.4, 0.5) is 5.82 Å². The Morgan fingerprint density at radius 3 is 2.95 bits per heavy atom. The fourth-order valence-electron chi connectivity index (χ4n) is 2.20. The molecule has 1 amide bonds. The summed E-state index contributed by atoms with van der Waals surface area (Å²) in [5.41, 5.74) is 0.887. The second-order valence-corrected chi connectivity index (χ2v) is 6.52. The van der Waals surface area contributed by atoms with Crippen molar-refractivity contribution < 1.29 is 4.79 Å². The van der Waals surface area contributed by atoms with Crippen LogP contribution in [0.5, 0.6) is 0 Å². The number of hydrogen-bond acceptors (Lipinski definition) is 4. The van der Waals surface area contributed by atoms with Crippen molar-refractivity contribution in [3.63, 3.8) is 0 Å². The quantitative estimate of drug-likeness (QED) is 0.895. The number of rotatable bonds is 3. The molecule has 0 saturated carbocycles. The number of carbonyl (C=O) groups is 1. The van der Waals surface area contributed by atoms with Gasteiger partial charge in [0.05, 0.1) is 16.0 Å². The van der Waals surface area contributed by atoms with E-state index in [0.29, 0.717) is 15.9 Å². The van der Waals surface area contributed by atoms with Crippen molar-refractivity contribution in [1.82, 2.24) is 10.3 Å². The van der Waals surface area contributed by atoms with Gasteiger partial charge in [0, 0.05) is 17.5 Å². The van der Waals surface area contributed by atoms with Gasteiger partial charge in [-0.15, -0.1) is 11.3 Å². The molecule has 1 fully saturated rings. The number of nitrogens with zero attached hydrogens (tertiary/aromatic N) is 1. The Kier molecular flexibility index (Phi) is 4.45. The second-order valence-electron chi connectivity index (χ2n) is 4.85. The summed E-state index contributed by atoms with van der Waals surface area (Å²) in [6, 6.07) is 5.37. The van der Waals surface area contributed by atoms with E-state index in [-0.39, 0.29) is 11.8 Å². The van der Waals surface area contributed by atoms with Gasteiger partial charge in [0.25, 0.3) is 0 Å². The van der Waals surface area contributed by atoms with E-state index < -0.39 is 0 Å². The number of aromatic nitrogens is 1. The smallest absolute Gasteiger partial charge is 0.229 e. The number of benzene rings is 1. The molecule has 110 valence electrons. The Morgan fingerprint density at radius 1 is 1.38 bits per heavy atom. The summed E-state index contributed by atoms with van der Waals surface area (Å²) in [4.78, 5) is 16.5. The standard InChI is InChI=1S/C14H13Cl2N3OS/c15-10-2-1-8(5-11(10)16)14-19-12(7-21-14)18-13(20)9-3-4-17-6-9/h1-2,5,7,9,17H,3-4,6H2,(H,18,20)/t9-/m1/s1. The molecule has 0 aliphatic carbocycles. The predicted octanol–water partition coefficient (Wildman–Crippen LogP) is 3.66. The first kappa shape index (κ1) is 14.8. The summed E-state index contributed by atoms with van der Waals surface area (Å²) >= 11 is 13.4. The number of anilines is 1. The average Bonchev–Trinajstić information content (AvgIpc) is 3.12. The molecule has 0 spiro atoms. The zero-order valence-corrected chi connectivity index (χ0v) is 13.4. The largest absolute Gasteiger partial charge is 0.316 e. The highest BCUT2D eigenvalue weighted by Gasteiger charge is 2.23. The summed E-state index contributed by atoms with van der Waals surface area (Å²) in [5.74, 6) is 0.629. The first-order valence-corrected chi connectivity index (χ1v) is 8.19. The molecule has 1 saturated heterocycles. The van der Waals surface area contributed by atoms with Gasteiger partial charge in [-0.3, -0.25) is 4.79 Å². The maximum atomic E-state index is 12.0. The second kappa shape index (κ2) is 6.32. The molecule has 21 heavy (non-hydrogen) atoms. The van der Waals surface area contributed by atoms with Crippen molar-refractivity contribution in [2.24, 2.45) is 5.92 Å². The zero-order chi connectivity index (χ0) is 14.8. The average molecular weight is 342 g/mol. The Morgan fingerprint density at radius 2 is 2.24 bits per heavy atom. The van der Waals surface area contributed by atoms with Crippen LogP contribution in [0.2, 0.25) is 10.0 Å². The minimum Gasteiger partial charge on any atom is -0.316 e. The Balaban J connectivity index is 1.73. The fraction of sp³-hybridized carbons (Fsp3) is 0.286. The van der Waals surface area contributed by atoms with Gasteiger partial charge in [-0.25, -0.2) is 4.98 Å². The van der Waals surface area contributed by atoms with Gasteiger partial charge in [0.2, 0.25) is 5.91 Å². The van der Waals surface area contributed by atoms with Crippen molar-refractivity contribution in [2.45, 2.75) is 6.42 Å². The molecule has 0 bridgehead atoms. The van der Waals surface area contributed by atoms with Crippen molar-refractivity contribution in [3.05, 3.63) is 33.6 Å². The van der Waals surface area contributed by atoms with Crippen LogP contribution >= 0.6 is 34.5 Å². The van der Waals surface area contributed by atoms with E-state index in [0.717, 1.165) is 30.1 Å². The molecule has 4 nitrogen and oxygen atoms in total. The SMILES string of the molecule is O=C(Nc1csc(-c2ccc(Cl)c(Cl)c2)n1)[C@@H]1CCNC1. The van der Waals surface area contributed by atoms with Crippen molar-refractivity contribution >= 4 is 46.3 Å². The number of halogens is 2. The van der Waals surface area contributed by atoms with Crippen LogP contribution < -0.4 is 10.6 Å². The van der Waals surface area contributed by atoms with Crippen LogP contribution in [0.3, 0.4) is 0 Å². The molecule has 1 aromatic carbocycles. The molecule has 1 aliphatic heterocycles. The topological polar surface area (TPSA) is 54.0 Å². The lowest BCUT2D eigenvalue weighted by atomic mass is 10.1.